The average Bonchev–Trinajstić information content (AvgIpc) is 2.89. The van der Waals surface area contributed by atoms with Crippen LogP contribution in [0.2, 0.25) is 10.0 Å². The topological polar surface area (TPSA) is 67.2 Å². The number of aromatic nitrogens is 2. The summed E-state index contributed by atoms with van der Waals surface area (Å²) < 4.78 is 1.64. The molecule has 0 fully saturated rings. The first kappa shape index (κ1) is 14.8. The molecule has 0 aliphatic rings. The zero-order valence-corrected chi connectivity index (χ0v) is 12.0. The molecule has 1 atom stereocenters. The summed E-state index contributed by atoms with van der Waals surface area (Å²) in [5.74, 6) is -0.216. The summed E-state index contributed by atoms with van der Waals surface area (Å²) >= 11 is 11.8. The maximum absolute atomic E-state index is 11.7. The molecule has 106 valence electrons. The molecule has 0 spiro atoms. The van der Waals surface area contributed by atoms with E-state index in [1.54, 1.807) is 41.5 Å². The van der Waals surface area contributed by atoms with Crippen LogP contribution in [0, 0.1) is 0 Å². The van der Waals surface area contributed by atoms with Crippen LogP contribution in [0.4, 0.5) is 0 Å². The van der Waals surface area contributed by atoms with Crippen molar-refractivity contribution in [3.05, 3.63) is 52.5 Å². The van der Waals surface area contributed by atoms with Gasteiger partial charge >= 0.3 is 0 Å². The van der Waals surface area contributed by atoms with Crippen LogP contribution < -0.4 is 5.32 Å². The Kier molecular flexibility index (Phi) is 5.00. The van der Waals surface area contributed by atoms with E-state index in [1.165, 1.54) is 0 Å². The maximum Gasteiger partial charge on any atom is 0.240 e. The number of carbonyl (C=O) groups excluding carboxylic acids is 1. The number of aliphatic hydroxyl groups excluding tert-OH is 1. The standard InChI is InChI=1S/C13H13Cl2N3O2/c14-9-1-2-10(11(15)5-9)12(19)6-17-13(20)7-18-4-3-16-8-18/h1-5,8,12,19H,6-7H2,(H,17,20)/t12-/m1/s1. The number of aliphatic hydroxyl groups is 1. The lowest BCUT2D eigenvalue weighted by molar-refractivity contribution is -0.122. The molecule has 0 aliphatic carbocycles. The predicted octanol–water partition coefficient (Wildman–Crippen LogP) is 2.04. The molecule has 0 bridgehead atoms. The van der Waals surface area contributed by atoms with Gasteiger partial charge in [-0.25, -0.2) is 4.98 Å². The van der Waals surface area contributed by atoms with Gasteiger partial charge in [0.05, 0.1) is 12.4 Å². The van der Waals surface area contributed by atoms with Gasteiger partial charge in [0.25, 0.3) is 0 Å². The summed E-state index contributed by atoms with van der Waals surface area (Å²) in [6.45, 7) is 0.232. The number of hydrogen-bond donors (Lipinski definition) is 2. The predicted molar refractivity (Wildman–Crippen MR) is 76.7 cm³/mol. The number of benzene rings is 1. The third kappa shape index (κ3) is 3.96. The Morgan fingerprint density at radius 1 is 1.45 bits per heavy atom. The number of nitrogens with one attached hydrogen (secondary N) is 1. The lowest BCUT2D eigenvalue weighted by atomic mass is 10.1. The van der Waals surface area contributed by atoms with Gasteiger partial charge in [0, 0.05) is 34.5 Å². The van der Waals surface area contributed by atoms with Gasteiger partial charge in [-0.1, -0.05) is 29.3 Å². The van der Waals surface area contributed by atoms with Gasteiger partial charge in [-0.2, -0.15) is 0 Å². The van der Waals surface area contributed by atoms with Crippen molar-refractivity contribution in [1.82, 2.24) is 14.9 Å². The van der Waals surface area contributed by atoms with Crippen molar-refractivity contribution in [2.24, 2.45) is 0 Å². The zero-order chi connectivity index (χ0) is 14.5. The minimum atomic E-state index is -0.883. The summed E-state index contributed by atoms with van der Waals surface area (Å²) in [6.07, 6.45) is 3.94. The second-order valence-electron chi connectivity index (χ2n) is 4.22. The fourth-order valence-corrected chi connectivity index (χ4v) is 2.23. The molecule has 1 amide bonds. The van der Waals surface area contributed by atoms with E-state index in [9.17, 15) is 9.90 Å². The minimum Gasteiger partial charge on any atom is -0.387 e. The van der Waals surface area contributed by atoms with E-state index in [0.717, 1.165) is 0 Å². The van der Waals surface area contributed by atoms with Crippen LogP contribution in [-0.4, -0.2) is 27.1 Å². The Balaban J connectivity index is 1.88. The van der Waals surface area contributed by atoms with E-state index in [2.05, 4.69) is 10.3 Å². The van der Waals surface area contributed by atoms with Gasteiger partial charge < -0.3 is 15.0 Å². The van der Waals surface area contributed by atoms with Crippen molar-refractivity contribution < 1.29 is 9.90 Å². The van der Waals surface area contributed by atoms with Crippen molar-refractivity contribution in [3.8, 4) is 0 Å². The van der Waals surface area contributed by atoms with Gasteiger partial charge in [-0.3, -0.25) is 4.79 Å². The third-order valence-electron chi connectivity index (χ3n) is 2.70. The molecule has 1 heterocycles. The van der Waals surface area contributed by atoms with E-state index in [1.807, 2.05) is 0 Å². The quantitative estimate of drug-likeness (QED) is 0.887. The summed E-state index contributed by atoms with van der Waals surface area (Å²) in [7, 11) is 0. The van der Waals surface area contributed by atoms with Crippen LogP contribution >= 0.6 is 23.2 Å². The summed E-state index contributed by atoms with van der Waals surface area (Å²) in [4.78, 5) is 15.5. The second kappa shape index (κ2) is 6.74. The van der Waals surface area contributed by atoms with E-state index in [-0.39, 0.29) is 19.0 Å². The fourth-order valence-electron chi connectivity index (χ4n) is 1.69. The van der Waals surface area contributed by atoms with Gasteiger partial charge in [-0.05, 0) is 12.1 Å². The highest BCUT2D eigenvalue weighted by Crippen LogP contribution is 2.25. The second-order valence-corrected chi connectivity index (χ2v) is 5.06. The summed E-state index contributed by atoms with van der Waals surface area (Å²) in [5.41, 5.74) is 0.527. The Morgan fingerprint density at radius 3 is 2.90 bits per heavy atom. The number of imidazole rings is 1. The number of halogens is 2. The van der Waals surface area contributed by atoms with Crippen molar-refractivity contribution in [1.29, 1.82) is 0 Å². The molecular formula is C13H13Cl2N3O2. The lowest BCUT2D eigenvalue weighted by Crippen LogP contribution is -2.31. The largest absolute Gasteiger partial charge is 0.387 e. The Hall–Kier alpha value is -1.56. The first-order valence-corrected chi connectivity index (χ1v) is 6.67. The van der Waals surface area contributed by atoms with Gasteiger partial charge in [0.2, 0.25) is 5.91 Å². The molecule has 0 saturated heterocycles. The fraction of sp³-hybridized carbons (Fsp3) is 0.231. The number of carbonyl (C=O) groups is 1. The van der Waals surface area contributed by atoms with Crippen LogP contribution in [0.25, 0.3) is 0 Å². The average molecular weight is 314 g/mol. The highest BCUT2D eigenvalue weighted by atomic mass is 35.5. The molecule has 7 heteroatoms. The molecule has 2 rings (SSSR count). The Morgan fingerprint density at radius 2 is 2.25 bits per heavy atom. The zero-order valence-electron chi connectivity index (χ0n) is 10.5. The van der Waals surface area contributed by atoms with Crippen LogP contribution in [0.5, 0.6) is 0 Å². The van der Waals surface area contributed by atoms with Crippen molar-refractivity contribution in [3.63, 3.8) is 0 Å². The van der Waals surface area contributed by atoms with Crippen LogP contribution in [0.15, 0.2) is 36.9 Å². The monoisotopic (exact) mass is 313 g/mol. The molecule has 1 aromatic carbocycles. The van der Waals surface area contributed by atoms with Crippen molar-refractivity contribution in [2.45, 2.75) is 12.6 Å². The van der Waals surface area contributed by atoms with Crippen molar-refractivity contribution in [2.75, 3.05) is 6.54 Å². The molecule has 0 unspecified atom stereocenters. The van der Waals surface area contributed by atoms with Gasteiger partial charge in [0.1, 0.15) is 6.54 Å². The molecule has 2 N–H and O–H groups in total. The van der Waals surface area contributed by atoms with Crippen LogP contribution in [-0.2, 0) is 11.3 Å². The highest BCUT2D eigenvalue weighted by molar-refractivity contribution is 6.35. The molecule has 1 aromatic heterocycles. The minimum absolute atomic E-state index is 0.0783. The number of nitrogens with zero attached hydrogens (tertiary/aromatic N) is 2. The summed E-state index contributed by atoms with van der Waals surface area (Å²) in [6, 6.07) is 4.83. The van der Waals surface area contributed by atoms with E-state index >= 15 is 0 Å². The molecule has 0 radical (unpaired) electrons. The smallest absolute Gasteiger partial charge is 0.240 e. The first-order valence-electron chi connectivity index (χ1n) is 5.91. The number of amides is 1. The molecule has 2 aromatic rings. The molecule has 20 heavy (non-hydrogen) atoms. The molecule has 5 nitrogen and oxygen atoms in total. The van der Waals surface area contributed by atoms with E-state index in [4.69, 9.17) is 23.2 Å². The molecule has 0 aliphatic heterocycles. The Bertz CT molecular complexity index is 587. The highest BCUT2D eigenvalue weighted by Gasteiger charge is 2.13. The summed E-state index contributed by atoms with van der Waals surface area (Å²) in [5, 5.41) is 13.5. The van der Waals surface area contributed by atoms with Crippen LogP contribution in [0.1, 0.15) is 11.7 Å². The molecule has 0 saturated carbocycles. The SMILES string of the molecule is O=C(Cn1ccnc1)NC[C@@H](O)c1ccc(Cl)cc1Cl. The van der Waals surface area contributed by atoms with Gasteiger partial charge in [-0.15, -0.1) is 0 Å². The normalized spacial score (nSPS) is 12.2. The first-order chi connectivity index (χ1) is 9.56. The van der Waals surface area contributed by atoms with Crippen LogP contribution in [0.3, 0.4) is 0 Å². The number of hydrogen-bond acceptors (Lipinski definition) is 3. The van der Waals surface area contributed by atoms with E-state index < -0.39 is 6.10 Å². The molecular weight excluding hydrogens is 301 g/mol. The van der Waals surface area contributed by atoms with Crippen molar-refractivity contribution >= 4 is 29.1 Å². The van der Waals surface area contributed by atoms with Gasteiger partial charge in [0.15, 0.2) is 0 Å². The third-order valence-corrected chi connectivity index (χ3v) is 3.26. The maximum atomic E-state index is 11.7. The Labute approximate surface area is 126 Å². The van der Waals surface area contributed by atoms with E-state index in [0.29, 0.717) is 15.6 Å². The lowest BCUT2D eigenvalue weighted by Gasteiger charge is -2.14. The number of rotatable bonds is 5.